The van der Waals surface area contributed by atoms with Crippen molar-refractivity contribution in [3.8, 4) is 5.75 Å². The first-order valence-corrected chi connectivity index (χ1v) is 9.14. The molecule has 2 fully saturated rings. The molecule has 0 saturated carbocycles. The molecule has 130 valence electrons. The summed E-state index contributed by atoms with van der Waals surface area (Å²) in [7, 11) is 0. The molecule has 0 spiro atoms. The van der Waals surface area contributed by atoms with Gasteiger partial charge in [-0.3, -0.25) is 9.69 Å². The molecule has 0 aromatic heterocycles. The number of nitrogens with zero attached hydrogens (tertiary/aromatic N) is 2. The Labute approximate surface area is 145 Å². The Kier molecular flexibility index (Phi) is 5.56. The minimum Gasteiger partial charge on any atom is -0.494 e. The van der Waals surface area contributed by atoms with E-state index in [0.717, 1.165) is 25.4 Å². The van der Waals surface area contributed by atoms with E-state index in [1.165, 1.54) is 18.4 Å². The lowest BCUT2D eigenvalue weighted by Crippen LogP contribution is -2.55. The second kappa shape index (κ2) is 7.84. The Hall–Kier alpha value is -1.81. The number of likely N-dealkylation sites (tertiary alicyclic amines) is 1. The number of carbonyl (C=O) groups is 1. The standard InChI is InChI=1S/C20H28N2O2/c1-3-20(23)21-14-17-9-10-18(15-21)22(17)13-5-6-16-7-11-19(12-8-16)24-4-2/h5-8,11-12,17-18H,3-4,9-10,13-15H2,1-2H3. The molecule has 0 N–H and O–H groups in total. The van der Waals surface area contributed by atoms with Crippen LogP contribution < -0.4 is 4.74 Å². The summed E-state index contributed by atoms with van der Waals surface area (Å²) in [6, 6.07) is 9.28. The van der Waals surface area contributed by atoms with Crippen molar-refractivity contribution in [2.24, 2.45) is 0 Å². The van der Waals surface area contributed by atoms with E-state index in [1.54, 1.807) is 0 Å². The summed E-state index contributed by atoms with van der Waals surface area (Å²) in [5, 5.41) is 0. The van der Waals surface area contributed by atoms with Gasteiger partial charge in [-0.1, -0.05) is 31.2 Å². The van der Waals surface area contributed by atoms with E-state index in [2.05, 4.69) is 34.1 Å². The van der Waals surface area contributed by atoms with Gasteiger partial charge in [0.1, 0.15) is 5.75 Å². The lowest BCUT2D eigenvalue weighted by molar-refractivity contribution is -0.134. The van der Waals surface area contributed by atoms with Crippen LogP contribution in [0.2, 0.25) is 0 Å². The van der Waals surface area contributed by atoms with Gasteiger partial charge in [-0.25, -0.2) is 0 Å². The molecule has 1 aromatic carbocycles. The predicted molar refractivity (Wildman–Crippen MR) is 97.0 cm³/mol. The number of fused-ring (bicyclic) bond motifs is 2. The molecular formula is C20H28N2O2. The smallest absolute Gasteiger partial charge is 0.222 e. The molecule has 2 atom stereocenters. The highest BCUT2D eigenvalue weighted by Crippen LogP contribution is 2.30. The Bertz CT molecular complexity index is 568. The van der Waals surface area contributed by atoms with Crippen molar-refractivity contribution in [1.82, 2.24) is 9.80 Å². The number of rotatable bonds is 6. The number of piperazine rings is 1. The quantitative estimate of drug-likeness (QED) is 0.804. The van der Waals surface area contributed by atoms with Crippen LogP contribution >= 0.6 is 0 Å². The molecule has 4 heteroatoms. The Morgan fingerprint density at radius 2 is 1.83 bits per heavy atom. The fourth-order valence-corrected chi connectivity index (χ4v) is 3.87. The maximum Gasteiger partial charge on any atom is 0.222 e. The van der Waals surface area contributed by atoms with Gasteiger partial charge < -0.3 is 9.64 Å². The van der Waals surface area contributed by atoms with Gasteiger partial charge in [-0.15, -0.1) is 0 Å². The van der Waals surface area contributed by atoms with Crippen LogP contribution in [0.4, 0.5) is 0 Å². The van der Waals surface area contributed by atoms with E-state index in [0.29, 0.717) is 31.0 Å². The number of carbonyl (C=O) groups excluding carboxylic acids is 1. The number of benzene rings is 1. The zero-order valence-electron chi connectivity index (χ0n) is 14.8. The zero-order chi connectivity index (χ0) is 16.9. The zero-order valence-corrected chi connectivity index (χ0v) is 14.8. The number of hydrogen-bond donors (Lipinski definition) is 0. The Balaban J connectivity index is 1.54. The largest absolute Gasteiger partial charge is 0.494 e. The number of ether oxygens (including phenoxy) is 1. The van der Waals surface area contributed by atoms with Crippen molar-refractivity contribution in [3.05, 3.63) is 35.9 Å². The van der Waals surface area contributed by atoms with Crippen molar-refractivity contribution in [2.45, 2.75) is 45.2 Å². The topological polar surface area (TPSA) is 32.8 Å². The summed E-state index contributed by atoms with van der Waals surface area (Å²) in [5.41, 5.74) is 1.20. The summed E-state index contributed by atoms with van der Waals surface area (Å²) in [5.74, 6) is 1.22. The van der Waals surface area contributed by atoms with Crippen molar-refractivity contribution < 1.29 is 9.53 Å². The second-order valence-electron chi connectivity index (χ2n) is 6.64. The van der Waals surface area contributed by atoms with Crippen LogP contribution in [0.5, 0.6) is 5.75 Å². The Morgan fingerprint density at radius 3 is 2.42 bits per heavy atom. The molecule has 2 aliphatic heterocycles. The van der Waals surface area contributed by atoms with Crippen LogP contribution in [-0.2, 0) is 4.79 Å². The summed E-state index contributed by atoms with van der Waals surface area (Å²) in [4.78, 5) is 16.6. The van der Waals surface area contributed by atoms with Gasteiger partial charge in [0.25, 0.3) is 0 Å². The first kappa shape index (κ1) is 17.0. The lowest BCUT2D eigenvalue weighted by atomic mass is 10.1. The van der Waals surface area contributed by atoms with Crippen LogP contribution in [-0.4, -0.2) is 54.0 Å². The van der Waals surface area contributed by atoms with E-state index in [9.17, 15) is 4.79 Å². The molecule has 4 nitrogen and oxygen atoms in total. The molecule has 3 rings (SSSR count). The monoisotopic (exact) mass is 328 g/mol. The van der Waals surface area contributed by atoms with Crippen molar-refractivity contribution in [1.29, 1.82) is 0 Å². The number of amides is 1. The predicted octanol–water partition coefficient (Wildman–Crippen LogP) is 3.18. The van der Waals surface area contributed by atoms with Gasteiger partial charge >= 0.3 is 0 Å². The van der Waals surface area contributed by atoms with Crippen LogP contribution in [0.15, 0.2) is 30.3 Å². The third-order valence-corrected chi connectivity index (χ3v) is 5.11. The van der Waals surface area contributed by atoms with Gasteiger partial charge in [0, 0.05) is 38.1 Å². The SMILES string of the molecule is CCOc1ccc(C=CCN2C3CCC2CN(C(=O)CC)C3)cc1. The van der Waals surface area contributed by atoms with E-state index in [-0.39, 0.29) is 0 Å². The first-order chi connectivity index (χ1) is 11.7. The summed E-state index contributed by atoms with van der Waals surface area (Å²) >= 11 is 0. The molecule has 2 bridgehead atoms. The van der Waals surface area contributed by atoms with Crippen LogP contribution in [0.3, 0.4) is 0 Å². The first-order valence-electron chi connectivity index (χ1n) is 9.14. The molecule has 1 amide bonds. The average Bonchev–Trinajstić information content (AvgIpc) is 2.84. The molecule has 0 radical (unpaired) electrons. The van der Waals surface area contributed by atoms with Gasteiger partial charge in [-0.05, 0) is 37.5 Å². The average molecular weight is 328 g/mol. The minimum atomic E-state index is 0.302. The highest BCUT2D eigenvalue weighted by atomic mass is 16.5. The molecule has 2 saturated heterocycles. The molecule has 2 heterocycles. The third-order valence-electron chi connectivity index (χ3n) is 5.11. The van der Waals surface area contributed by atoms with E-state index >= 15 is 0 Å². The van der Waals surface area contributed by atoms with Crippen molar-refractivity contribution in [2.75, 3.05) is 26.2 Å². The highest BCUT2D eigenvalue weighted by Gasteiger charge is 2.40. The van der Waals surface area contributed by atoms with Crippen LogP contribution in [0, 0.1) is 0 Å². The van der Waals surface area contributed by atoms with Gasteiger partial charge in [0.2, 0.25) is 5.91 Å². The fourth-order valence-electron chi connectivity index (χ4n) is 3.87. The van der Waals surface area contributed by atoms with Crippen molar-refractivity contribution >= 4 is 12.0 Å². The third kappa shape index (κ3) is 3.81. The molecule has 2 unspecified atom stereocenters. The van der Waals surface area contributed by atoms with Gasteiger partial charge in [0.15, 0.2) is 0 Å². The minimum absolute atomic E-state index is 0.302. The second-order valence-corrected chi connectivity index (χ2v) is 6.64. The summed E-state index contributed by atoms with van der Waals surface area (Å²) in [6.07, 6.45) is 7.48. The number of hydrogen-bond acceptors (Lipinski definition) is 3. The lowest BCUT2D eigenvalue weighted by Gasteiger charge is -2.40. The van der Waals surface area contributed by atoms with E-state index in [4.69, 9.17) is 4.74 Å². The Morgan fingerprint density at radius 1 is 1.17 bits per heavy atom. The normalized spacial score (nSPS) is 23.8. The van der Waals surface area contributed by atoms with E-state index < -0.39 is 0 Å². The summed E-state index contributed by atoms with van der Waals surface area (Å²) < 4.78 is 5.47. The van der Waals surface area contributed by atoms with E-state index in [1.807, 2.05) is 26.0 Å². The maximum absolute atomic E-state index is 11.9. The molecule has 1 aromatic rings. The van der Waals surface area contributed by atoms with Crippen LogP contribution in [0.25, 0.3) is 6.08 Å². The van der Waals surface area contributed by atoms with Crippen molar-refractivity contribution in [3.63, 3.8) is 0 Å². The molecule has 0 aliphatic carbocycles. The van der Waals surface area contributed by atoms with Crippen LogP contribution in [0.1, 0.15) is 38.7 Å². The van der Waals surface area contributed by atoms with Gasteiger partial charge in [-0.2, -0.15) is 0 Å². The summed E-state index contributed by atoms with van der Waals surface area (Å²) in [6.45, 7) is 7.42. The molecule has 2 aliphatic rings. The molecule has 24 heavy (non-hydrogen) atoms. The maximum atomic E-state index is 11.9. The highest BCUT2D eigenvalue weighted by molar-refractivity contribution is 5.76. The fraction of sp³-hybridized carbons (Fsp3) is 0.550. The van der Waals surface area contributed by atoms with Gasteiger partial charge in [0.05, 0.1) is 6.61 Å². The molecular weight excluding hydrogens is 300 g/mol.